The molecule has 1 aromatic heterocycles. The Kier molecular flexibility index (Phi) is 4.07. The van der Waals surface area contributed by atoms with Gasteiger partial charge >= 0.3 is 0 Å². The number of halogens is 2. The van der Waals surface area contributed by atoms with Crippen LogP contribution in [0.2, 0.25) is 5.02 Å². The molecule has 5 heteroatoms. The Morgan fingerprint density at radius 1 is 1.14 bits per heavy atom. The van der Waals surface area contributed by atoms with Gasteiger partial charge in [-0.25, -0.2) is 0 Å². The van der Waals surface area contributed by atoms with Crippen LogP contribution in [0.25, 0.3) is 10.9 Å². The van der Waals surface area contributed by atoms with E-state index in [0.717, 1.165) is 14.5 Å². The molecule has 3 rings (SSSR count). The molecular formula is C16H10ClIN2O. The highest BCUT2D eigenvalue weighted by atomic mass is 127. The van der Waals surface area contributed by atoms with Crippen molar-refractivity contribution in [1.29, 1.82) is 0 Å². The lowest BCUT2D eigenvalue weighted by atomic mass is 10.2. The molecule has 3 aromatic rings. The van der Waals surface area contributed by atoms with E-state index in [4.69, 9.17) is 11.6 Å². The Bertz CT molecular complexity index is 835. The quantitative estimate of drug-likeness (QED) is 0.622. The molecule has 0 saturated carbocycles. The summed E-state index contributed by atoms with van der Waals surface area (Å²) in [5.74, 6) is -0.195. The lowest BCUT2D eigenvalue weighted by Crippen LogP contribution is -2.13. The topological polar surface area (TPSA) is 42.0 Å². The third-order valence-corrected chi connectivity index (χ3v) is 4.20. The highest BCUT2D eigenvalue weighted by Crippen LogP contribution is 2.21. The van der Waals surface area contributed by atoms with Crippen molar-refractivity contribution in [2.75, 3.05) is 5.32 Å². The van der Waals surface area contributed by atoms with Gasteiger partial charge in [0.25, 0.3) is 5.91 Å². The zero-order valence-electron chi connectivity index (χ0n) is 10.8. The molecule has 1 N–H and O–H groups in total. The van der Waals surface area contributed by atoms with Gasteiger partial charge in [0, 0.05) is 14.0 Å². The lowest BCUT2D eigenvalue weighted by molar-refractivity contribution is 0.102. The van der Waals surface area contributed by atoms with Gasteiger partial charge in [0.2, 0.25) is 0 Å². The predicted molar refractivity (Wildman–Crippen MR) is 93.9 cm³/mol. The number of para-hydroxylation sites is 1. The molecule has 2 aromatic carbocycles. The second-order valence-corrected chi connectivity index (χ2v) is 6.09. The van der Waals surface area contributed by atoms with E-state index in [1.165, 1.54) is 0 Å². The molecule has 0 aliphatic rings. The van der Waals surface area contributed by atoms with Gasteiger partial charge < -0.3 is 5.32 Å². The van der Waals surface area contributed by atoms with E-state index >= 15 is 0 Å². The molecular weight excluding hydrogens is 399 g/mol. The van der Waals surface area contributed by atoms with Crippen LogP contribution in [0.4, 0.5) is 5.69 Å². The van der Waals surface area contributed by atoms with Gasteiger partial charge in [-0.3, -0.25) is 9.78 Å². The Labute approximate surface area is 140 Å². The number of rotatable bonds is 2. The van der Waals surface area contributed by atoms with Crippen LogP contribution in [0.15, 0.2) is 54.7 Å². The Hall–Kier alpha value is -1.66. The molecule has 1 heterocycles. The van der Waals surface area contributed by atoms with E-state index in [0.29, 0.717) is 16.3 Å². The minimum absolute atomic E-state index is 0.195. The first kappa shape index (κ1) is 14.3. The van der Waals surface area contributed by atoms with E-state index in [9.17, 15) is 4.79 Å². The standard InChI is InChI=1S/C16H10ClIN2O/c17-11-5-6-14(18)13(8-11)16(21)20-12-7-10-3-1-2-4-15(10)19-9-12/h1-9H,(H,20,21). The molecule has 21 heavy (non-hydrogen) atoms. The smallest absolute Gasteiger partial charge is 0.256 e. The summed E-state index contributed by atoms with van der Waals surface area (Å²) in [5.41, 5.74) is 2.11. The number of nitrogens with zero attached hydrogens (tertiary/aromatic N) is 1. The molecule has 0 unspecified atom stereocenters. The van der Waals surface area contributed by atoms with Crippen LogP contribution < -0.4 is 5.32 Å². The van der Waals surface area contributed by atoms with Gasteiger partial charge in [0.1, 0.15) is 0 Å². The largest absolute Gasteiger partial charge is 0.321 e. The number of amides is 1. The van der Waals surface area contributed by atoms with Gasteiger partial charge in [0.15, 0.2) is 0 Å². The number of nitrogens with one attached hydrogen (secondary N) is 1. The normalized spacial score (nSPS) is 10.6. The molecule has 0 spiro atoms. The fraction of sp³-hybridized carbons (Fsp3) is 0. The Morgan fingerprint density at radius 3 is 2.81 bits per heavy atom. The van der Waals surface area contributed by atoms with E-state index in [2.05, 4.69) is 32.9 Å². The number of carbonyl (C=O) groups excluding carboxylic acids is 1. The number of aromatic nitrogens is 1. The van der Waals surface area contributed by atoms with Crippen LogP contribution in [-0.2, 0) is 0 Å². The van der Waals surface area contributed by atoms with Gasteiger partial charge in [-0.05, 0) is 52.9 Å². The van der Waals surface area contributed by atoms with Crippen molar-refractivity contribution in [2.24, 2.45) is 0 Å². The first-order chi connectivity index (χ1) is 10.1. The van der Waals surface area contributed by atoms with Crippen LogP contribution in [0, 0.1) is 3.57 Å². The average Bonchev–Trinajstić information content (AvgIpc) is 2.49. The van der Waals surface area contributed by atoms with Crippen molar-refractivity contribution in [2.45, 2.75) is 0 Å². The van der Waals surface area contributed by atoms with E-state index < -0.39 is 0 Å². The van der Waals surface area contributed by atoms with Gasteiger partial charge in [-0.2, -0.15) is 0 Å². The summed E-state index contributed by atoms with van der Waals surface area (Å²) < 4.78 is 0.850. The zero-order valence-corrected chi connectivity index (χ0v) is 13.7. The van der Waals surface area contributed by atoms with Crippen LogP contribution in [0.5, 0.6) is 0 Å². The summed E-state index contributed by atoms with van der Waals surface area (Å²) in [7, 11) is 0. The number of carbonyl (C=O) groups is 1. The highest BCUT2D eigenvalue weighted by Gasteiger charge is 2.11. The summed E-state index contributed by atoms with van der Waals surface area (Å²) in [5, 5.41) is 4.38. The van der Waals surface area contributed by atoms with Crippen molar-refractivity contribution in [3.05, 3.63) is 68.9 Å². The van der Waals surface area contributed by atoms with Crippen LogP contribution in [0.3, 0.4) is 0 Å². The number of benzene rings is 2. The van der Waals surface area contributed by atoms with E-state index in [-0.39, 0.29) is 5.91 Å². The minimum atomic E-state index is -0.195. The van der Waals surface area contributed by atoms with Crippen molar-refractivity contribution >= 4 is 56.7 Å². The van der Waals surface area contributed by atoms with Crippen LogP contribution in [-0.4, -0.2) is 10.9 Å². The predicted octanol–water partition coefficient (Wildman–Crippen LogP) is 4.75. The zero-order chi connectivity index (χ0) is 14.8. The Morgan fingerprint density at radius 2 is 1.95 bits per heavy atom. The average molecular weight is 409 g/mol. The van der Waals surface area contributed by atoms with Crippen molar-refractivity contribution in [3.8, 4) is 0 Å². The fourth-order valence-corrected chi connectivity index (χ4v) is 2.76. The minimum Gasteiger partial charge on any atom is -0.321 e. The second kappa shape index (κ2) is 5.99. The molecule has 0 saturated heterocycles. The van der Waals surface area contributed by atoms with Crippen molar-refractivity contribution in [1.82, 2.24) is 4.98 Å². The summed E-state index contributed by atoms with van der Waals surface area (Å²) in [6.07, 6.45) is 1.65. The molecule has 0 bridgehead atoms. The first-order valence-corrected chi connectivity index (χ1v) is 7.70. The Balaban J connectivity index is 1.90. The molecule has 0 aliphatic heterocycles. The summed E-state index contributed by atoms with van der Waals surface area (Å²) in [4.78, 5) is 16.6. The third-order valence-electron chi connectivity index (χ3n) is 3.02. The SMILES string of the molecule is O=C(Nc1cnc2ccccc2c1)c1cc(Cl)ccc1I. The summed E-state index contributed by atoms with van der Waals surface area (Å²) in [6, 6.07) is 14.9. The molecule has 0 fully saturated rings. The molecule has 0 atom stereocenters. The van der Waals surface area contributed by atoms with Crippen molar-refractivity contribution in [3.63, 3.8) is 0 Å². The highest BCUT2D eigenvalue weighted by molar-refractivity contribution is 14.1. The molecule has 0 radical (unpaired) electrons. The van der Waals surface area contributed by atoms with Gasteiger partial charge in [-0.1, -0.05) is 29.8 Å². The maximum absolute atomic E-state index is 12.3. The molecule has 104 valence electrons. The maximum Gasteiger partial charge on any atom is 0.256 e. The van der Waals surface area contributed by atoms with Crippen LogP contribution >= 0.6 is 34.2 Å². The second-order valence-electron chi connectivity index (χ2n) is 4.49. The van der Waals surface area contributed by atoms with Gasteiger partial charge in [-0.15, -0.1) is 0 Å². The van der Waals surface area contributed by atoms with Gasteiger partial charge in [0.05, 0.1) is 23.0 Å². The van der Waals surface area contributed by atoms with E-state index in [1.807, 2.05) is 36.4 Å². The van der Waals surface area contributed by atoms with Crippen LogP contribution in [0.1, 0.15) is 10.4 Å². The maximum atomic E-state index is 12.3. The fourth-order valence-electron chi connectivity index (χ4n) is 2.01. The lowest BCUT2D eigenvalue weighted by Gasteiger charge is -2.08. The number of fused-ring (bicyclic) bond motifs is 1. The number of anilines is 1. The number of pyridine rings is 1. The number of hydrogen-bond donors (Lipinski definition) is 1. The molecule has 1 amide bonds. The summed E-state index contributed by atoms with van der Waals surface area (Å²) >= 11 is 8.06. The monoisotopic (exact) mass is 408 g/mol. The van der Waals surface area contributed by atoms with E-state index in [1.54, 1.807) is 18.3 Å². The molecule has 3 nitrogen and oxygen atoms in total. The molecule has 0 aliphatic carbocycles. The summed E-state index contributed by atoms with van der Waals surface area (Å²) in [6.45, 7) is 0. The third kappa shape index (κ3) is 3.16. The van der Waals surface area contributed by atoms with Crippen molar-refractivity contribution < 1.29 is 4.79 Å². The number of hydrogen-bond acceptors (Lipinski definition) is 2. The first-order valence-electron chi connectivity index (χ1n) is 6.25.